The molecule has 0 aliphatic carbocycles. The summed E-state index contributed by atoms with van der Waals surface area (Å²) in [5.74, 6) is 0. The van der Waals surface area contributed by atoms with Crippen molar-refractivity contribution in [2.45, 2.75) is 32.7 Å². The van der Waals surface area contributed by atoms with Gasteiger partial charge < -0.3 is 5.32 Å². The van der Waals surface area contributed by atoms with E-state index in [9.17, 15) is 0 Å². The summed E-state index contributed by atoms with van der Waals surface area (Å²) in [7, 11) is 1.92. The molecule has 2 rings (SSSR count). The van der Waals surface area contributed by atoms with Gasteiger partial charge in [0.2, 0.25) is 0 Å². The topological polar surface area (TPSA) is 37.8 Å². The van der Waals surface area contributed by atoms with Crippen LogP contribution in [0.2, 0.25) is 0 Å². The predicted octanol–water partition coefficient (Wildman–Crippen LogP) is 3.22. The van der Waals surface area contributed by atoms with E-state index in [0.717, 1.165) is 16.6 Å². The van der Waals surface area contributed by atoms with Gasteiger partial charge in [0.1, 0.15) is 10.0 Å². The van der Waals surface area contributed by atoms with Crippen LogP contribution in [0.5, 0.6) is 0 Å². The molecule has 0 aliphatic heterocycles. The molecule has 0 saturated carbocycles. The minimum absolute atomic E-state index is 0.117. The molecule has 96 valence electrons. The van der Waals surface area contributed by atoms with Crippen LogP contribution in [-0.4, -0.2) is 17.2 Å². The quantitative estimate of drug-likeness (QED) is 0.922. The first-order valence-corrected chi connectivity index (χ1v) is 6.91. The second-order valence-corrected chi connectivity index (χ2v) is 6.39. The number of rotatable bonds is 3. The van der Waals surface area contributed by atoms with Crippen LogP contribution >= 0.6 is 11.3 Å². The van der Waals surface area contributed by atoms with Gasteiger partial charge in [0.15, 0.2) is 0 Å². The van der Waals surface area contributed by atoms with Crippen molar-refractivity contribution < 1.29 is 0 Å². The highest BCUT2D eigenvalue weighted by Crippen LogP contribution is 2.34. The van der Waals surface area contributed by atoms with Crippen LogP contribution in [0.15, 0.2) is 24.3 Å². The Morgan fingerprint density at radius 3 is 2.56 bits per heavy atom. The lowest BCUT2D eigenvalue weighted by molar-refractivity contribution is 0.592. The van der Waals surface area contributed by atoms with E-state index in [-0.39, 0.29) is 5.41 Å². The smallest absolute Gasteiger partial charge is 0.148 e. The summed E-state index contributed by atoms with van der Waals surface area (Å²) in [6.07, 6.45) is 0. The standard InChI is InChI=1S/C14H19N3S/c1-14(2,3)11-8-6-5-7-10(11)13-17-16-12(18-13)9-15-4/h5-8,15H,9H2,1-4H3. The van der Waals surface area contributed by atoms with Gasteiger partial charge in [-0.05, 0) is 18.0 Å². The fourth-order valence-corrected chi connectivity index (χ4v) is 2.80. The Morgan fingerprint density at radius 2 is 1.89 bits per heavy atom. The van der Waals surface area contributed by atoms with Crippen LogP contribution in [0.25, 0.3) is 10.6 Å². The predicted molar refractivity (Wildman–Crippen MR) is 76.8 cm³/mol. The third kappa shape index (κ3) is 2.76. The van der Waals surface area contributed by atoms with Crippen LogP contribution in [0.3, 0.4) is 0 Å². The number of hydrogen-bond donors (Lipinski definition) is 1. The van der Waals surface area contributed by atoms with Gasteiger partial charge in [-0.15, -0.1) is 10.2 Å². The Hall–Kier alpha value is -1.26. The minimum atomic E-state index is 0.117. The highest BCUT2D eigenvalue weighted by Gasteiger charge is 2.20. The van der Waals surface area contributed by atoms with Gasteiger partial charge in [0, 0.05) is 12.1 Å². The zero-order valence-electron chi connectivity index (χ0n) is 11.3. The molecule has 0 fully saturated rings. The maximum absolute atomic E-state index is 4.31. The fraction of sp³-hybridized carbons (Fsp3) is 0.429. The van der Waals surface area contributed by atoms with E-state index in [1.54, 1.807) is 11.3 Å². The lowest BCUT2D eigenvalue weighted by Gasteiger charge is -2.21. The largest absolute Gasteiger partial charge is 0.313 e. The van der Waals surface area contributed by atoms with Crippen molar-refractivity contribution >= 4 is 11.3 Å². The lowest BCUT2D eigenvalue weighted by atomic mass is 9.84. The molecule has 0 atom stereocenters. The van der Waals surface area contributed by atoms with E-state index in [1.165, 1.54) is 11.1 Å². The van der Waals surface area contributed by atoms with E-state index in [0.29, 0.717) is 0 Å². The average Bonchev–Trinajstić information content (AvgIpc) is 2.77. The molecule has 1 heterocycles. The summed E-state index contributed by atoms with van der Waals surface area (Å²) >= 11 is 1.66. The summed E-state index contributed by atoms with van der Waals surface area (Å²) in [5.41, 5.74) is 2.63. The number of aromatic nitrogens is 2. The molecular weight excluding hydrogens is 242 g/mol. The monoisotopic (exact) mass is 261 g/mol. The molecular formula is C14H19N3S. The summed E-state index contributed by atoms with van der Waals surface area (Å²) in [6, 6.07) is 8.45. The normalized spacial score (nSPS) is 11.8. The third-order valence-corrected chi connectivity index (χ3v) is 3.72. The zero-order valence-corrected chi connectivity index (χ0v) is 12.1. The first-order chi connectivity index (χ1) is 8.52. The van der Waals surface area contributed by atoms with Gasteiger partial charge in [0.05, 0.1) is 0 Å². The molecule has 4 heteroatoms. The van der Waals surface area contributed by atoms with Crippen molar-refractivity contribution in [3.05, 3.63) is 34.8 Å². The van der Waals surface area contributed by atoms with Gasteiger partial charge in [-0.25, -0.2) is 0 Å². The van der Waals surface area contributed by atoms with Gasteiger partial charge in [-0.2, -0.15) is 0 Å². The maximum Gasteiger partial charge on any atom is 0.148 e. The Bertz CT molecular complexity index is 526. The first-order valence-electron chi connectivity index (χ1n) is 6.09. The molecule has 1 aromatic heterocycles. The van der Waals surface area contributed by atoms with Crippen molar-refractivity contribution in [2.75, 3.05) is 7.05 Å². The van der Waals surface area contributed by atoms with E-state index in [2.05, 4.69) is 60.6 Å². The zero-order chi connectivity index (χ0) is 13.2. The molecule has 0 spiro atoms. The molecule has 1 N–H and O–H groups in total. The summed E-state index contributed by atoms with van der Waals surface area (Å²) in [5, 5.41) is 13.7. The van der Waals surface area contributed by atoms with E-state index in [4.69, 9.17) is 0 Å². The van der Waals surface area contributed by atoms with Crippen LogP contribution in [0, 0.1) is 0 Å². The number of hydrogen-bond acceptors (Lipinski definition) is 4. The number of nitrogens with one attached hydrogen (secondary N) is 1. The molecule has 1 aromatic carbocycles. The minimum Gasteiger partial charge on any atom is -0.313 e. The van der Waals surface area contributed by atoms with Crippen LogP contribution < -0.4 is 5.32 Å². The Kier molecular flexibility index (Phi) is 3.78. The number of nitrogens with zero attached hydrogens (tertiary/aromatic N) is 2. The molecule has 0 unspecified atom stereocenters. The van der Waals surface area contributed by atoms with Crippen molar-refractivity contribution in [1.29, 1.82) is 0 Å². The average molecular weight is 261 g/mol. The molecule has 18 heavy (non-hydrogen) atoms. The third-order valence-electron chi connectivity index (χ3n) is 2.76. The van der Waals surface area contributed by atoms with Gasteiger partial charge in [-0.1, -0.05) is 56.4 Å². The summed E-state index contributed by atoms with van der Waals surface area (Å²) in [4.78, 5) is 0. The van der Waals surface area contributed by atoms with Crippen LogP contribution in [0.1, 0.15) is 31.3 Å². The van der Waals surface area contributed by atoms with Gasteiger partial charge in [-0.3, -0.25) is 0 Å². The molecule has 0 saturated heterocycles. The highest BCUT2D eigenvalue weighted by molar-refractivity contribution is 7.14. The Morgan fingerprint density at radius 1 is 1.17 bits per heavy atom. The summed E-state index contributed by atoms with van der Waals surface area (Å²) < 4.78 is 0. The molecule has 0 aliphatic rings. The molecule has 2 aromatic rings. The summed E-state index contributed by atoms with van der Waals surface area (Å²) in [6.45, 7) is 7.44. The fourth-order valence-electron chi connectivity index (χ4n) is 1.91. The van der Waals surface area contributed by atoms with Crippen molar-refractivity contribution in [2.24, 2.45) is 0 Å². The molecule has 0 amide bonds. The SMILES string of the molecule is CNCc1nnc(-c2ccccc2C(C)(C)C)s1. The van der Waals surface area contributed by atoms with Crippen molar-refractivity contribution in [3.63, 3.8) is 0 Å². The van der Waals surface area contributed by atoms with Crippen LogP contribution in [0.4, 0.5) is 0 Å². The van der Waals surface area contributed by atoms with Gasteiger partial charge in [0.25, 0.3) is 0 Å². The molecule has 0 bridgehead atoms. The number of benzene rings is 1. The lowest BCUT2D eigenvalue weighted by Crippen LogP contribution is -2.12. The maximum atomic E-state index is 4.31. The second kappa shape index (κ2) is 5.16. The van der Waals surface area contributed by atoms with Gasteiger partial charge >= 0.3 is 0 Å². The molecule has 0 radical (unpaired) electrons. The highest BCUT2D eigenvalue weighted by atomic mass is 32.1. The van der Waals surface area contributed by atoms with E-state index >= 15 is 0 Å². The Balaban J connectivity index is 2.43. The van der Waals surface area contributed by atoms with Crippen molar-refractivity contribution in [1.82, 2.24) is 15.5 Å². The Labute approximate surface area is 112 Å². The van der Waals surface area contributed by atoms with E-state index in [1.807, 2.05) is 7.05 Å². The first kappa shape index (κ1) is 13.2. The second-order valence-electron chi connectivity index (χ2n) is 5.33. The van der Waals surface area contributed by atoms with E-state index < -0.39 is 0 Å². The van der Waals surface area contributed by atoms with Crippen LogP contribution in [-0.2, 0) is 12.0 Å². The van der Waals surface area contributed by atoms with Crippen molar-refractivity contribution in [3.8, 4) is 10.6 Å². The molecule has 3 nitrogen and oxygen atoms in total.